The minimum absolute atomic E-state index is 0.899. The molecule has 0 saturated heterocycles. The Morgan fingerprint density at radius 2 is 1.67 bits per heavy atom. The first-order chi connectivity index (χ1) is 8.83. The minimum Gasteiger partial charge on any atom is -0.317 e. The van der Waals surface area contributed by atoms with Crippen molar-refractivity contribution in [1.82, 2.24) is 5.32 Å². The number of nitrogens with one attached hydrogen (secondary N) is 1. The SMILES string of the molecule is CCNCC1CCCC1Cc1ccc(CC)cc1. The van der Waals surface area contributed by atoms with Crippen molar-refractivity contribution in [2.24, 2.45) is 11.8 Å². The summed E-state index contributed by atoms with van der Waals surface area (Å²) in [4.78, 5) is 0. The van der Waals surface area contributed by atoms with Crippen molar-refractivity contribution in [2.75, 3.05) is 13.1 Å². The Bertz CT molecular complexity index is 341. The van der Waals surface area contributed by atoms with E-state index in [2.05, 4.69) is 43.4 Å². The molecule has 1 saturated carbocycles. The van der Waals surface area contributed by atoms with Gasteiger partial charge in [-0.3, -0.25) is 0 Å². The Hall–Kier alpha value is -0.820. The van der Waals surface area contributed by atoms with Crippen LogP contribution in [0.2, 0.25) is 0 Å². The predicted molar refractivity (Wildman–Crippen MR) is 78.9 cm³/mol. The Labute approximate surface area is 112 Å². The third-order valence-corrected chi connectivity index (χ3v) is 4.40. The number of hydrogen-bond donors (Lipinski definition) is 1. The lowest BCUT2D eigenvalue weighted by Crippen LogP contribution is -2.25. The van der Waals surface area contributed by atoms with E-state index in [1.54, 1.807) is 0 Å². The topological polar surface area (TPSA) is 12.0 Å². The van der Waals surface area contributed by atoms with Crippen LogP contribution >= 0.6 is 0 Å². The number of aryl methyl sites for hydroxylation is 1. The smallest absolute Gasteiger partial charge is 0.00179 e. The van der Waals surface area contributed by atoms with Crippen LogP contribution in [-0.4, -0.2) is 13.1 Å². The second-order valence-electron chi connectivity index (χ2n) is 5.63. The molecule has 0 aromatic heterocycles. The van der Waals surface area contributed by atoms with Gasteiger partial charge in [0, 0.05) is 0 Å². The molecule has 1 heteroatoms. The molecular weight excluding hydrogens is 218 g/mol. The van der Waals surface area contributed by atoms with Gasteiger partial charge in [0.2, 0.25) is 0 Å². The van der Waals surface area contributed by atoms with E-state index in [-0.39, 0.29) is 0 Å². The van der Waals surface area contributed by atoms with Crippen LogP contribution in [-0.2, 0) is 12.8 Å². The summed E-state index contributed by atoms with van der Waals surface area (Å²) >= 11 is 0. The summed E-state index contributed by atoms with van der Waals surface area (Å²) < 4.78 is 0. The highest BCUT2D eigenvalue weighted by Gasteiger charge is 2.26. The normalized spacial score (nSPS) is 23.4. The van der Waals surface area contributed by atoms with Gasteiger partial charge in [-0.2, -0.15) is 0 Å². The lowest BCUT2D eigenvalue weighted by Gasteiger charge is -2.20. The van der Waals surface area contributed by atoms with E-state index < -0.39 is 0 Å². The summed E-state index contributed by atoms with van der Waals surface area (Å²) in [6.45, 7) is 6.74. The Morgan fingerprint density at radius 3 is 2.33 bits per heavy atom. The van der Waals surface area contributed by atoms with E-state index in [0.717, 1.165) is 24.8 Å². The van der Waals surface area contributed by atoms with Crippen LogP contribution < -0.4 is 5.32 Å². The van der Waals surface area contributed by atoms with Crippen LogP contribution in [0.5, 0.6) is 0 Å². The third kappa shape index (κ3) is 3.58. The molecule has 0 heterocycles. The van der Waals surface area contributed by atoms with Crippen LogP contribution in [0.25, 0.3) is 0 Å². The highest BCUT2D eigenvalue weighted by atomic mass is 14.8. The van der Waals surface area contributed by atoms with Crippen molar-refractivity contribution in [1.29, 1.82) is 0 Å². The summed E-state index contributed by atoms with van der Waals surface area (Å²) in [5.41, 5.74) is 2.98. The van der Waals surface area contributed by atoms with E-state index in [9.17, 15) is 0 Å². The fourth-order valence-electron chi connectivity index (χ4n) is 3.19. The monoisotopic (exact) mass is 245 g/mol. The van der Waals surface area contributed by atoms with E-state index in [0.29, 0.717) is 0 Å². The van der Waals surface area contributed by atoms with Crippen molar-refractivity contribution >= 4 is 0 Å². The van der Waals surface area contributed by atoms with E-state index in [1.807, 2.05) is 0 Å². The molecule has 0 amide bonds. The van der Waals surface area contributed by atoms with Gasteiger partial charge in [-0.25, -0.2) is 0 Å². The van der Waals surface area contributed by atoms with Crippen LogP contribution in [0.1, 0.15) is 44.2 Å². The van der Waals surface area contributed by atoms with Gasteiger partial charge in [-0.05, 0) is 61.7 Å². The fourth-order valence-corrected chi connectivity index (χ4v) is 3.19. The van der Waals surface area contributed by atoms with E-state index >= 15 is 0 Å². The first-order valence-corrected chi connectivity index (χ1v) is 7.62. The molecular formula is C17H27N. The molecule has 2 unspecified atom stereocenters. The van der Waals surface area contributed by atoms with Crippen molar-refractivity contribution in [3.63, 3.8) is 0 Å². The van der Waals surface area contributed by atoms with Gasteiger partial charge in [0.25, 0.3) is 0 Å². The minimum atomic E-state index is 0.899. The fraction of sp³-hybridized carbons (Fsp3) is 0.647. The van der Waals surface area contributed by atoms with Crippen molar-refractivity contribution in [3.8, 4) is 0 Å². The van der Waals surface area contributed by atoms with Crippen LogP contribution in [0, 0.1) is 11.8 Å². The molecule has 100 valence electrons. The van der Waals surface area contributed by atoms with E-state index in [1.165, 1.54) is 43.4 Å². The molecule has 1 aliphatic rings. The van der Waals surface area contributed by atoms with Crippen molar-refractivity contribution in [3.05, 3.63) is 35.4 Å². The highest BCUT2D eigenvalue weighted by Crippen LogP contribution is 2.33. The molecule has 2 atom stereocenters. The first-order valence-electron chi connectivity index (χ1n) is 7.62. The second kappa shape index (κ2) is 6.94. The first kappa shape index (κ1) is 13.6. The summed E-state index contributed by atoms with van der Waals surface area (Å²) in [5.74, 6) is 1.80. The quantitative estimate of drug-likeness (QED) is 0.803. The molecule has 0 spiro atoms. The molecule has 0 aliphatic heterocycles. The van der Waals surface area contributed by atoms with Crippen LogP contribution in [0.3, 0.4) is 0 Å². The van der Waals surface area contributed by atoms with Gasteiger partial charge in [0.1, 0.15) is 0 Å². The summed E-state index contributed by atoms with van der Waals surface area (Å²) in [6.07, 6.45) is 6.69. The molecule has 1 N–H and O–H groups in total. The zero-order valence-corrected chi connectivity index (χ0v) is 11.9. The summed E-state index contributed by atoms with van der Waals surface area (Å²) in [7, 11) is 0. The highest BCUT2D eigenvalue weighted by molar-refractivity contribution is 5.23. The molecule has 1 fully saturated rings. The van der Waals surface area contributed by atoms with Gasteiger partial charge >= 0.3 is 0 Å². The molecule has 1 aliphatic carbocycles. The summed E-state index contributed by atoms with van der Waals surface area (Å²) in [6, 6.07) is 9.26. The van der Waals surface area contributed by atoms with Gasteiger partial charge in [0.05, 0.1) is 0 Å². The van der Waals surface area contributed by atoms with Crippen LogP contribution in [0.15, 0.2) is 24.3 Å². The third-order valence-electron chi connectivity index (χ3n) is 4.40. The Kier molecular flexibility index (Phi) is 5.25. The Balaban J connectivity index is 1.90. The molecule has 1 nitrogen and oxygen atoms in total. The maximum absolute atomic E-state index is 3.52. The predicted octanol–water partition coefficient (Wildman–Crippen LogP) is 3.82. The van der Waals surface area contributed by atoms with Gasteiger partial charge in [-0.15, -0.1) is 0 Å². The van der Waals surface area contributed by atoms with Crippen LogP contribution in [0.4, 0.5) is 0 Å². The zero-order chi connectivity index (χ0) is 12.8. The lowest BCUT2D eigenvalue weighted by atomic mass is 9.89. The number of hydrogen-bond acceptors (Lipinski definition) is 1. The maximum Gasteiger partial charge on any atom is -0.00179 e. The summed E-state index contributed by atoms with van der Waals surface area (Å²) in [5, 5.41) is 3.52. The van der Waals surface area contributed by atoms with Gasteiger partial charge < -0.3 is 5.32 Å². The number of benzene rings is 1. The standard InChI is InChI=1S/C17H27N/c1-3-14-8-10-15(11-9-14)12-16-6-5-7-17(16)13-18-4-2/h8-11,16-18H,3-7,12-13H2,1-2H3. The average molecular weight is 245 g/mol. The molecule has 18 heavy (non-hydrogen) atoms. The van der Waals surface area contributed by atoms with Crippen molar-refractivity contribution in [2.45, 2.75) is 46.0 Å². The molecule has 1 aromatic rings. The average Bonchev–Trinajstić information content (AvgIpc) is 2.84. The Morgan fingerprint density at radius 1 is 1.00 bits per heavy atom. The van der Waals surface area contributed by atoms with Crippen molar-refractivity contribution < 1.29 is 0 Å². The number of rotatable bonds is 6. The van der Waals surface area contributed by atoms with E-state index in [4.69, 9.17) is 0 Å². The zero-order valence-electron chi connectivity index (χ0n) is 11.9. The second-order valence-corrected chi connectivity index (χ2v) is 5.63. The lowest BCUT2D eigenvalue weighted by molar-refractivity contribution is 0.368. The molecule has 2 rings (SSSR count). The largest absolute Gasteiger partial charge is 0.317 e. The van der Waals surface area contributed by atoms with Gasteiger partial charge in [-0.1, -0.05) is 44.5 Å². The maximum atomic E-state index is 3.52. The van der Waals surface area contributed by atoms with Gasteiger partial charge in [0.15, 0.2) is 0 Å². The molecule has 1 aromatic carbocycles. The molecule has 0 radical (unpaired) electrons. The molecule has 0 bridgehead atoms.